The molecule has 1 aromatic rings. The van der Waals surface area contributed by atoms with E-state index < -0.39 is 0 Å². The van der Waals surface area contributed by atoms with Gasteiger partial charge in [-0.1, -0.05) is 40.2 Å². The van der Waals surface area contributed by atoms with Crippen LogP contribution < -0.4 is 0 Å². The second-order valence-corrected chi connectivity index (χ2v) is 4.60. The van der Waals surface area contributed by atoms with Gasteiger partial charge in [0.15, 0.2) is 0 Å². The molecule has 1 nitrogen and oxygen atoms in total. The van der Waals surface area contributed by atoms with Crippen LogP contribution in [-0.4, -0.2) is 5.11 Å². The Morgan fingerprint density at radius 1 is 1.18 bits per heavy atom. The van der Waals surface area contributed by atoms with Gasteiger partial charge in [0.2, 0.25) is 0 Å². The van der Waals surface area contributed by atoms with E-state index in [1.54, 1.807) is 0 Å². The SMILES string of the molecule is CC.CCC1CCc2ccc(O)cc2C1CC. The van der Waals surface area contributed by atoms with Gasteiger partial charge in [-0.2, -0.15) is 0 Å². The van der Waals surface area contributed by atoms with E-state index in [-0.39, 0.29) is 0 Å². The van der Waals surface area contributed by atoms with E-state index in [9.17, 15) is 5.11 Å². The lowest BCUT2D eigenvalue weighted by Gasteiger charge is -2.32. The van der Waals surface area contributed by atoms with Gasteiger partial charge in [-0.25, -0.2) is 0 Å². The zero-order valence-electron chi connectivity index (χ0n) is 11.7. The molecule has 2 atom stereocenters. The zero-order chi connectivity index (χ0) is 12.8. The van der Waals surface area contributed by atoms with Crippen molar-refractivity contribution in [3.05, 3.63) is 29.3 Å². The molecule has 0 heterocycles. The molecule has 1 N–H and O–H groups in total. The van der Waals surface area contributed by atoms with Crippen molar-refractivity contribution < 1.29 is 5.11 Å². The number of hydrogen-bond donors (Lipinski definition) is 1. The molecule has 0 fully saturated rings. The molecule has 0 spiro atoms. The largest absolute Gasteiger partial charge is 0.508 e. The van der Waals surface area contributed by atoms with Crippen LogP contribution in [0.5, 0.6) is 5.75 Å². The van der Waals surface area contributed by atoms with Crippen LogP contribution in [0.2, 0.25) is 0 Å². The summed E-state index contributed by atoms with van der Waals surface area (Å²) in [6.45, 7) is 8.54. The summed E-state index contributed by atoms with van der Waals surface area (Å²) in [5, 5.41) is 9.56. The lowest BCUT2D eigenvalue weighted by Crippen LogP contribution is -2.19. The van der Waals surface area contributed by atoms with Crippen molar-refractivity contribution in [2.24, 2.45) is 5.92 Å². The molecule has 0 aliphatic heterocycles. The average Bonchev–Trinajstić information content (AvgIpc) is 2.39. The van der Waals surface area contributed by atoms with Gasteiger partial charge in [-0.15, -0.1) is 0 Å². The molecule has 0 aromatic heterocycles. The molecular weight excluding hydrogens is 208 g/mol. The predicted molar refractivity (Wildman–Crippen MR) is 74.6 cm³/mol. The first-order valence-electron chi connectivity index (χ1n) is 7.08. The van der Waals surface area contributed by atoms with Crippen LogP contribution in [0.25, 0.3) is 0 Å². The van der Waals surface area contributed by atoms with Crippen molar-refractivity contribution in [1.29, 1.82) is 0 Å². The first-order valence-corrected chi connectivity index (χ1v) is 7.08. The highest BCUT2D eigenvalue weighted by atomic mass is 16.3. The van der Waals surface area contributed by atoms with E-state index in [1.807, 2.05) is 26.0 Å². The van der Waals surface area contributed by atoms with Gasteiger partial charge in [0.05, 0.1) is 0 Å². The van der Waals surface area contributed by atoms with E-state index in [2.05, 4.69) is 19.9 Å². The quantitative estimate of drug-likeness (QED) is 0.773. The maximum Gasteiger partial charge on any atom is 0.115 e. The molecular formula is C16H26O. The number of benzene rings is 1. The highest BCUT2D eigenvalue weighted by Gasteiger charge is 2.26. The molecule has 0 radical (unpaired) electrons. The summed E-state index contributed by atoms with van der Waals surface area (Å²) in [6, 6.07) is 5.89. The molecule has 17 heavy (non-hydrogen) atoms. The number of fused-ring (bicyclic) bond motifs is 1. The first kappa shape index (κ1) is 14.1. The molecule has 2 rings (SSSR count). The first-order chi connectivity index (χ1) is 8.26. The Hall–Kier alpha value is -0.980. The van der Waals surface area contributed by atoms with Gasteiger partial charge in [0.25, 0.3) is 0 Å². The summed E-state index contributed by atoms with van der Waals surface area (Å²) in [5.41, 5.74) is 2.85. The fraction of sp³-hybridized carbons (Fsp3) is 0.625. The summed E-state index contributed by atoms with van der Waals surface area (Å²) in [5.74, 6) is 1.89. The van der Waals surface area contributed by atoms with Gasteiger partial charge in [-0.05, 0) is 54.4 Å². The van der Waals surface area contributed by atoms with E-state index in [4.69, 9.17) is 0 Å². The Morgan fingerprint density at radius 2 is 1.88 bits per heavy atom. The molecule has 0 saturated carbocycles. The van der Waals surface area contributed by atoms with Gasteiger partial charge in [-0.3, -0.25) is 0 Å². The number of aromatic hydroxyl groups is 1. The maximum atomic E-state index is 9.56. The van der Waals surface area contributed by atoms with Gasteiger partial charge in [0.1, 0.15) is 5.75 Å². The molecule has 2 unspecified atom stereocenters. The van der Waals surface area contributed by atoms with Crippen molar-refractivity contribution in [3.8, 4) is 5.75 Å². The second-order valence-electron chi connectivity index (χ2n) is 4.60. The normalized spacial score (nSPS) is 22.4. The Bertz CT molecular complexity index is 343. The Labute approximate surface area is 106 Å². The van der Waals surface area contributed by atoms with Crippen LogP contribution in [0.3, 0.4) is 0 Å². The van der Waals surface area contributed by atoms with Gasteiger partial charge in [0, 0.05) is 0 Å². The Morgan fingerprint density at radius 3 is 2.47 bits per heavy atom. The molecule has 1 aromatic carbocycles. The lowest BCUT2D eigenvalue weighted by atomic mass is 9.73. The highest BCUT2D eigenvalue weighted by molar-refractivity contribution is 5.39. The van der Waals surface area contributed by atoms with Crippen molar-refractivity contribution in [2.75, 3.05) is 0 Å². The number of aryl methyl sites for hydroxylation is 1. The molecule has 1 heteroatoms. The minimum atomic E-state index is 0.420. The monoisotopic (exact) mass is 234 g/mol. The third-order valence-corrected chi connectivity index (χ3v) is 3.85. The minimum absolute atomic E-state index is 0.420. The molecule has 0 bridgehead atoms. The van der Waals surface area contributed by atoms with Crippen molar-refractivity contribution >= 4 is 0 Å². The molecule has 96 valence electrons. The third-order valence-electron chi connectivity index (χ3n) is 3.85. The minimum Gasteiger partial charge on any atom is -0.508 e. The highest BCUT2D eigenvalue weighted by Crippen LogP contribution is 2.41. The number of hydrogen-bond acceptors (Lipinski definition) is 1. The lowest BCUT2D eigenvalue weighted by molar-refractivity contribution is 0.351. The summed E-state index contributed by atoms with van der Waals surface area (Å²) < 4.78 is 0. The summed E-state index contributed by atoms with van der Waals surface area (Å²) >= 11 is 0. The Kier molecular flexibility index (Phi) is 5.54. The van der Waals surface area contributed by atoms with Crippen LogP contribution in [0, 0.1) is 5.92 Å². The molecule has 1 aliphatic rings. The number of rotatable bonds is 2. The zero-order valence-corrected chi connectivity index (χ0v) is 11.7. The van der Waals surface area contributed by atoms with Crippen LogP contribution >= 0.6 is 0 Å². The van der Waals surface area contributed by atoms with E-state index >= 15 is 0 Å². The van der Waals surface area contributed by atoms with Crippen molar-refractivity contribution in [2.45, 2.75) is 59.3 Å². The van der Waals surface area contributed by atoms with Crippen molar-refractivity contribution in [3.63, 3.8) is 0 Å². The van der Waals surface area contributed by atoms with E-state index in [0.717, 1.165) is 5.92 Å². The van der Waals surface area contributed by atoms with E-state index in [1.165, 1.54) is 36.8 Å². The summed E-state index contributed by atoms with van der Waals surface area (Å²) in [4.78, 5) is 0. The van der Waals surface area contributed by atoms with Crippen LogP contribution in [0.15, 0.2) is 18.2 Å². The standard InChI is InChI=1S/C14H20O.C2H6/c1-3-10-5-6-11-7-8-12(15)9-14(11)13(10)4-2;1-2/h7-10,13,15H,3-6H2,1-2H3;1-2H3. The topological polar surface area (TPSA) is 20.2 Å². The second kappa shape index (κ2) is 6.68. The predicted octanol–water partition coefficient (Wildman–Crippen LogP) is 4.88. The van der Waals surface area contributed by atoms with Crippen LogP contribution in [-0.2, 0) is 6.42 Å². The smallest absolute Gasteiger partial charge is 0.115 e. The van der Waals surface area contributed by atoms with Crippen LogP contribution in [0.4, 0.5) is 0 Å². The fourth-order valence-corrected chi connectivity index (χ4v) is 2.99. The molecule has 0 saturated heterocycles. The summed E-state index contributed by atoms with van der Waals surface area (Å²) in [7, 11) is 0. The summed E-state index contributed by atoms with van der Waals surface area (Å²) in [6.07, 6.45) is 4.94. The average molecular weight is 234 g/mol. The maximum absolute atomic E-state index is 9.56. The van der Waals surface area contributed by atoms with Crippen molar-refractivity contribution in [1.82, 2.24) is 0 Å². The van der Waals surface area contributed by atoms with E-state index in [0.29, 0.717) is 11.7 Å². The Balaban J connectivity index is 0.000000686. The molecule has 1 aliphatic carbocycles. The van der Waals surface area contributed by atoms with Gasteiger partial charge < -0.3 is 5.11 Å². The fourth-order valence-electron chi connectivity index (χ4n) is 2.99. The van der Waals surface area contributed by atoms with Crippen LogP contribution in [0.1, 0.15) is 64.0 Å². The molecule has 0 amide bonds. The third kappa shape index (κ3) is 3.02. The number of phenols is 1. The van der Waals surface area contributed by atoms with Gasteiger partial charge >= 0.3 is 0 Å². The number of phenolic OH excluding ortho intramolecular Hbond substituents is 1.